The molecule has 3 N–H and O–H groups in total. The van der Waals surface area contributed by atoms with Crippen LogP contribution < -0.4 is 10.6 Å². The lowest BCUT2D eigenvalue weighted by atomic mass is 10.1. The van der Waals surface area contributed by atoms with Crippen LogP contribution in [-0.4, -0.2) is 42.0 Å². The van der Waals surface area contributed by atoms with E-state index in [1.54, 1.807) is 0 Å². The van der Waals surface area contributed by atoms with Crippen molar-refractivity contribution >= 4 is 6.09 Å². The Balaban J connectivity index is 2.31. The van der Waals surface area contributed by atoms with Crippen molar-refractivity contribution in [2.75, 3.05) is 13.1 Å². The predicted octanol–water partition coefficient (Wildman–Crippen LogP) is 0.234. The van der Waals surface area contributed by atoms with Crippen LogP contribution in [0, 0.1) is 0 Å². The van der Waals surface area contributed by atoms with Crippen LogP contribution >= 0.6 is 0 Å². The van der Waals surface area contributed by atoms with E-state index in [1.165, 1.54) is 0 Å². The highest BCUT2D eigenvalue weighted by Gasteiger charge is 2.23. The molecule has 1 fully saturated rings. The van der Waals surface area contributed by atoms with Crippen molar-refractivity contribution in [2.24, 2.45) is 0 Å². The zero-order chi connectivity index (χ0) is 11.5. The smallest absolute Gasteiger partial charge is 0.407 e. The van der Waals surface area contributed by atoms with Crippen LogP contribution in [0.25, 0.3) is 0 Å². The quantitative estimate of drug-likeness (QED) is 0.587. The second-order valence-electron chi connectivity index (χ2n) is 4.89. The van der Waals surface area contributed by atoms with Gasteiger partial charge in [0.1, 0.15) is 5.60 Å². The van der Waals surface area contributed by atoms with E-state index in [1.807, 2.05) is 20.8 Å². The average molecular weight is 216 g/mol. The van der Waals surface area contributed by atoms with Gasteiger partial charge in [0.2, 0.25) is 0 Å². The molecule has 0 saturated carbocycles. The van der Waals surface area contributed by atoms with E-state index in [9.17, 15) is 9.90 Å². The Bertz CT molecular complexity index is 225. The molecule has 88 valence electrons. The summed E-state index contributed by atoms with van der Waals surface area (Å²) in [5, 5.41) is 15.1. The molecule has 0 aromatic rings. The Morgan fingerprint density at radius 3 is 2.67 bits per heavy atom. The van der Waals surface area contributed by atoms with Gasteiger partial charge in [-0.2, -0.15) is 0 Å². The summed E-state index contributed by atoms with van der Waals surface area (Å²) >= 11 is 0. The van der Waals surface area contributed by atoms with Crippen LogP contribution in [0.2, 0.25) is 0 Å². The van der Waals surface area contributed by atoms with Gasteiger partial charge >= 0.3 is 6.09 Å². The molecule has 1 rings (SSSR count). The molecule has 1 heterocycles. The summed E-state index contributed by atoms with van der Waals surface area (Å²) in [6.07, 6.45) is -0.242. The first-order chi connectivity index (χ1) is 6.87. The fourth-order valence-electron chi connectivity index (χ4n) is 1.50. The van der Waals surface area contributed by atoms with Crippen LogP contribution in [0.4, 0.5) is 4.79 Å². The lowest BCUT2D eigenvalue weighted by Gasteiger charge is -2.28. The highest BCUT2D eigenvalue weighted by Crippen LogP contribution is 2.08. The lowest BCUT2D eigenvalue weighted by molar-refractivity contribution is 0.0463. The van der Waals surface area contributed by atoms with Crippen LogP contribution in [0.5, 0.6) is 0 Å². The van der Waals surface area contributed by atoms with Crippen LogP contribution in [-0.2, 0) is 4.74 Å². The van der Waals surface area contributed by atoms with Crippen molar-refractivity contribution in [1.29, 1.82) is 0 Å². The lowest BCUT2D eigenvalue weighted by Crippen LogP contribution is -2.51. The van der Waals surface area contributed by atoms with Crippen molar-refractivity contribution in [2.45, 2.75) is 44.9 Å². The third kappa shape index (κ3) is 4.99. The number of nitrogens with one attached hydrogen (secondary N) is 2. The first kappa shape index (κ1) is 12.3. The maximum absolute atomic E-state index is 11.4. The number of piperidine rings is 1. The molecule has 15 heavy (non-hydrogen) atoms. The van der Waals surface area contributed by atoms with Crippen molar-refractivity contribution in [3.63, 3.8) is 0 Å². The zero-order valence-corrected chi connectivity index (χ0v) is 9.54. The Hall–Kier alpha value is -0.810. The second-order valence-corrected chi connectivity index (χ2v) is 4.89. The molecule has 5 heteroatoms. The minimum Gasteiger partial charge on any atom is -0.444 e. The van der Waals surface area contributed by atoms with Gasteiger partial charge in [0, 0.05) is 19.1 Å². The van der Waals surface area contributed by atoms with Gasteiger partial charge in [-0.05, 0) is 27.2 Å². The molecule has 0 aliphatic carbocycles. The van der Waals surface area contributed by atoms with Crippen LogP contribution in [0.1, 0.15) is 27.2 Å². The Labute approximate surface area is 90.2 Å². The number of ether oxygens (including phenoxy) is 1. The Morgan fingerprint density at radius 2 is 2.13 bits per heavy atom. The van der Waals surface area contributed by atoms with E-state index in [0.717, 1.165) is 0 Å². The first-order valence-electron chi connectivity index (χ1n) is 5.25. The molecular weight excluding hydrogens is 196 g/mol. The number of hydrogen-bond donors (Lipinski definition) is 3. The summed E-state index contributed by atoms with van der Waals surface area (Å²) in [7, 11) is 0. The van der Waals surface area contributed by atoms with Gasteiger partial charge < -0.3 is 20.5 Å². The van der Waals surface area contributed by atoms with Crippen molar-refractivity contribution in [1.82, 2.24) is 10.6 Å². The molecule has 0 bridgehead atoms. The number of rotatable bonds is 1. The topological polar surface area (TPSA) is 70.6 Å². The molecule has 0 radical (unpaired) electrons. The fourth-order valence-corrected chi connectivity index (χ4v) is 1.50. The van der Waals surface area contributed by atoms with E-state index in [-0.39, 0.29) is 6.04 Å². The minimum atomic E-state index is -0.481. The number of alkyl carbamates (subject to hydrolysis) is 1. The van der Waals surface area contributed by atoms with Crippen LogP contribution in [0.3, 0.4) is 0 Å². The third-order valence-corrected chi connectivity index (χ3v) is 2.05. The molecule has 1 saturated heterocycles. The molecule has 0 aromatic carbocycles. The fraction of sp³-hybridized carbons (Fsp3) is 0.900. The van der Waals surface area contributed by atoms with E-state index in [0.29, 0.717) is 19.5 Å². The van der Waals surface area contributed by atoms with Crippen molar-refractivity contribution < 1.29 is 14.6 Å². The molecule has 1 amide bonds. The minimum absolute atomic E-state index is 0.0522. The summed E-state index contributed by atoms with van der Waals surface area (Å²) < 4.78 is 5.12. The first-order valence-corrected chi connectivity index (χ1v) is 5.25. The number of aliphatic hydroxyl groups is 1. The standard InChI is InChI=1S/C10H20N2O3/c1-10(2,3)15-9(14)12-7-4-8(13)6-11-5-7/h7-8,11,13H,4-6H2,1-3H3,(H,12,14)/t7-,8+/m1/s1. The highest BCUT2D eigenvalue weighted by molar-refractivity contribution is 5.68. The van der Waals surface area contributed by atoms with Gasteiger partial charge in [0.05, 0.1) is 6.10 Å². The summed E-state index contributed by atoms with van der Waals surface area (Å²) in [4.78, 5) is 11.4. The van der Waals surface area contributed by atoms with Gasteiger partial charge in [-0.25, -0.2) is 4.79 Å². The van der Waals surface area contributed by atoms with Gasteiger partial charge in [-0.3, -0.25) is 0 Å². The second kappa shape index (κ2) is 4.81. The van der Waals surface area contributed by atoms with Gasteiger partial charge in [0.25, 0.3) is 0 Å². The largest absolute Gasteiger partial charge is 0.444 e. The molecule has 0 aromatic heterocycles. The van der Waals surface area contributed by atoms with E-state index in [2.05, 4.69) is 10.6 Å². The number of β-amino-alcohol motifs (C(OH)–C–C–N with tert-alkyl or cyclic N) is 1. The van der Waals surface area contributed by atoms with E-state index in [4.69, 9.17) is 4.74 Å². The highest BCUT2D eigenvalue weighted by atomic mass is 16.6. The SMILES string of the molecule is CC(C)(C)OC(=O)N[C@H]1CNC[C@@H](O)C1. The summed E-state index contributed by atoms with van der Waals surface area (Å²) in [5.41, 5.74) is -0.481. The zero-order valence-electron chi connectivity index (χ0n) is 9.54. The number of hydrogen-bond acceptors (Lipinski definition) is 4. The summed E-state index contributed by atoms with van der Waals surface area (Å²) in [5.74, 6) is 0. The number of carbonyl (C=O) groups is 1. The third-order valence-electron chi connectivity index (χ3n) is 2.05. The maximum atomic E-state index is 11.4. The number of carbonyl (C=O) groups excluding carboxylic acids is 1. The average Bonchev–Trinajstić information content (AvgIpc) is 1.99. The Morgan fingerprint density at radius 1 is 1.47 bits per heavy atom. The summed E-state index contributed by atoms with van der Waals surface area (Å²) in [6, 6.07) is -0.0522. The van der Waals surface area contributed by atoms with E-state index >= 15 is 0 Å². The summed E-state index contributed by atoms with van der Waals surface area (Å²) in [6.45, 7) is 6.73. The molecule has 0 spiro atoms. The predicted molar refractivity (Wildman–Crippen MR) is 56.7 cm³/mol. The molecule has 0 unspecified atom stereocenters. The maximum Gasteiger partial charge on any atom is 0.407 e. The molecule has 2 atom stereocenters. The van der Waals surface area contributed by atoms with Crippen LogP contribution in [0.15, 0.2) is 0 Å². The molecule has 1 aliphatic heterocycles. The monoisotopic (exact) mass is 216 g/mol. The van der Waals surface area contributed by atoms with Gasteiger partial charge in [0.15, 0.2) is 0 Å². The number of aliphatic hydroxyl groups excluding tert-OH is 1. The number of amides is 1. The van der Waals surface area contributed by atoms with Crippen molar-refractivity contribution in [3.05, 3.63) is 0 Å². The molecular formula is C10H20N2O3. The van der Waals surface area contributed by atoms with Crippen molar-refractivity contribution in [3.8, 4) is 0 Å². The van der Waals surface area contributed by atoms with E-state index < -0.39 is 17.8 Å². The molecule has 5 nitrogen and oxygen atoms in total. The van der Waals surface area contributed by atoms with Gasteiger partial charge in [-0.1, -0.05) is 0 Å². The van der Waals surface area contributed by atoms with Gasteiger partial charge in [-0.15, -0.1) is 0 Å². The normalized spacial score (nSPS) is 27.2. The Kier molecular flexibility index (Phi) is 3.93. The molecule has 1 aliphatic rings.